The first-order valence-electron chi connectivity index (χ1n) is 12.7. The molecule has 4 atom stereocenters. The highest BCUT2D eigenvalue weighted by molar-refractivity contribution is 5.90. The molecule has 6 rings (SSSR count). The maximum atomic E-state index is 15.2. The first kappa shape index (κ1) is 25.0. The van der Waals surface area contributed by atoms with Gasteiger partial charge in [-0.25, -0.2) is 13.9 Å². The van der Waals surface area contributed by atoms with Crippen molar-refractivity contribution in [3.8, 4) is 11.1 Å². The number of pyridine rings is 1. The van der Waals surface area contributed by atoms with Crippen molar-refractivity contribution in [1.82, 2.24) is 24.9 Å². The van der Waals surface area contributed by atoms with Crippen LogP contribution in [0.1, 0.15) is 19.5 Å². The van der Waals surface area contributed by atoms with Gasteiger partial charge < -0.3 is 14.4 Å². The summed E-state index contributed by atoms with van der Waals surface area (Å²) < 4.78 is 27.0. The molecule has 0 bridgehead atoms. The van der Waals surface area contributed by atoms with Crippen LogP contribution in [0.2, 0.25) is 0 Å². The van der Waals surface area contributed by atoms with Gasteiger partial charge in [-0.1, -0.05) is 18.2 Å². The molecule has 39 heavy (non-hydrogen) atoms. The molecule has 0 spiro atoms. The van der Waals surface area contributed by atoms with Crippen molar-refractivity contribution in [2.45, 2.75) is 31.9 Å². The van der Waals surface area contributed by atoms with Crippen molar-refractivity contribution in [2.24, 2.45) is 11.8 Å². The minimum Gasteiger partial charge on any atom is -0.456 e. The smallest absolute Gasteiger partial charge is 0.414 e. The van der Waals surface area contributed by atoms with Gasteiger partial charge in [-0.2, -0.15) is 0 Å². The van der Waals surface area contributed by atoms with E-state index in [0.717, 1.165) is 5.69 Å². The zero-order chi connectivity index (χ0) is 27.3. The number of anilines is 1. The highest BCUT2D eigenvalue weighted by atomic mass is 19.1. The molecule has 12 heteroatoms. The van der Waals surface area contributed by atoms with Crippen LogP contribution in [0.4, 0.5) is 14.9 Å². The van der Waals surface area contributed by atoms with Crippen molar-refractivity contribution in [3.63, 3.8) is 0 Å². The molecule has 2 aromatic heterocycles. The van der Waals surface area contributed by atoms with Crippen LogP contribution in [0, 0.1) is 17.7 Å². The Morgan fingerprint density at radius 2 is 1.97 bits per heavy atom. The molecule has 202 valence electrons. The lowest BCUT2D eigenvalue weighted by molar-refractivity contribution is -0.150. The Morgan fingerprint density at radius 1 is 1.18 bits per heavy atom. The van der Waals surface area contributed by atoms with E-state index in [1.165, 1.54) is 17.9 Å². The Morgan fingerprint density at radius 3 is 2.62 bits per heavy atom. The number of piperidine rings is 1. The number of carbonyl (C=O) groups excluding carboxylic acids is 3. The number of fused-ring (bicyclic) bond motifs is 1. The Labute approximate surface area is 223 Å². The third-order valence-electron chi connectivity index (χ3n) is 8.13. The van der Waals surface area contributed by atoms with Gasteiger partial charge in [0.15, 0.2) is 6.61 Å². The average Bonchev–Trinajstić information content (AvgIpc) is 3.46. The molecule has 3 aromatic rings. The summed E-state index contributed by atoms with van der Waals surface area (Å²) in [5.41, 5.74) is 2.18. The molecule has 1 aromatic carbocycles. The number of rotatable bonds is 7. The summed E-state index contributed by atoms with van der Waals surface area (Å²) in [6.07, 6.45) is 3.94. The van der Waals surface area contributed by atoms with Gasteiger partial charge in [-0.15, -0.1) is 5.10 Å². The van der Waals surface area contributed by atoms with E-state index >= 15 is 4.39 Å². The number of cyclic esters (lactones) is 1. The summed E-state index contributed by atoms with van der Waals surface area (Å²) >= 11 is 0. The van der Waals surface area contributed by atoms with Crippen LogP contribution in [-0.4, -0.2) is 75.2 Å². The molecule has 3 aliphatic rings. The van der Waals surface area contributed by atoms with Crippen LogP contribution >= 0.6 is 0 Å². The Balaban J connectivity index is 1.10. The molecule has 11 nitrogen and oxygen atoms in total. The van der Waals surface area contributed by atoms with E-state index in [4.69, 9.17) is 9.47 Å². The second-order valence-electron chi connectivity index (χ2n) is 10.4. The monoisotopic (exact) mass is 534 g/mol. The molecule has 0 radical (unpaired) electrons. The van der Waals surface area contributed by atoms with E-state index in [0.29, 0.717) is 36.4 Å². The number of carbonyl (C=O) groups is 3. The van der Waals surface area contributed by atoms with E-state index in [-0.39, 0.29) is 36.3 Å². The number of halogens is 1. The molecule has 3 fully saturated rings. The number of esters is 1. The minimum atomic E-state index is -0.534. The fraction of sp³-hybridized carbons (Fsp3) is 0.407. The molecular weight excluding hydrogens is 507 g/mol. The lowest BCUT2D eigenvalue weighted by Gasteiger charge is -2.24. The summed E-state index contributed by atoms with van der Waals surface area (Å²) in [6.45, 7) is 5.03. The van der Waals surface area contributed by atoms with Crippen LogP contribution in [0.25, 0.3) is 11.1 Å². The number of aromatic nitrogens is 4. The number of nitrogens with zero attached hydrogens (tertiary/aromatic N) is 6. The maximum Gasteiger partial charge on any atom is 0.414 e. The third kappa shape index (κ3) is 4.49. The highest BCUT2D eigenvalue weighted by Gasteiger charge is 2.67. The van der Waals surface area contributed by atoms with Crippen LogP contribution in [0.3, 0.4) is 0 Å². The summed E-state index contributed by atoms with van der Waals surface area (Å²) in [6, 6.07) is 8.43. The molecule has 1 saturated carbocycles. The van der Waals surface area contributed by atoms with Crippen molar-refractivity contribution in [3.05, 3.63) is 60.4 Å². The Hall–Kier alpha value is -4.35. The number of benzene rings is 1. The zero-order valence-corrected chi connectivity index (χ0v) is 21.5. The molecule has 2 aliphatic heterocycles. The average molecular weight is 535 g/mol. The lowest BCUT2D eigenvalue weighted by atomic mass is 9.96. The van der Waals surface area contributed by atoms with Gasteiger partial charge >= 0.3 is 12.1 Å². The first-order chi connectivity index (χ1) is 18.7. The summed E-state index contributed by atoms with van der Waals surface area (Å²) in [5, 5.41) is 7.63. The van der Waals surface area contributed by atoms with E-state index < -0.39 is 24.0 Å². The topological polar surface area (TPSA) is 120 Å². The largest absolute Gasteiger partial charge is 0.456 e. The fourth-order valence-electron chi connectivity index (χ4n) is 5.86. The first-order valence-corrected chi connectivity index (χ1v) is 12.7. The minimum absolute atomic E-state index is 0.155. The van der Waals surface area contributed by atoms with Crippen molar-refractivity contribution < 1.29 is 28.2 Å². The van der Waals surface area contributed by atoms with Crippen LogP contribution < -0.4 is 4.90 Å². The molecule has 1 aliphatic carbocycles. The fourth-order valence-corrected chi connectivity index (χ4v) is 5.86. The van der Waals surface area contributed by atoms with Crippen LogP contribution in [-0.2, 0) is 31.0 Å². The van der Waals surface area contributed by atoms with Gasteiger partial charge in [-0.3, -0.25) is 19.5 Å². The van der Waals surface area contributed by atoms with Gasteiger partial charge in [0.25, 0.3) is 5.91 Å². The predicted molar refractivity (Wildman–Crippen MR) is 135 cm³/mol. The molecule has 2 amide bonds. The molecule has 2 saturated heterocycles. The number of hydrogen-bond acceptors (Lipinski definition) is 8. The second-order valence-corrected chi connectivity index (χ2v) is 10.4. The maximum absolute atomic E-state index is 15.2. The zero-order valence-electron chi connectivity index (χ0n) is 21.5. The van der Waals surface area contributed by atoms with Gasteiger partial charge in [0.05, 0.1) is 25.0 Å². The summed E-state index contributed by atoms with van der Waals surface area (Å²) in [5.74, 6) is -0.566. The summed E-state index contributed by atoms with van der Waals surface area (Å²) in [7, 11) is 0. The summed E-state index contributed by atoms with van der Waals surface area (Å²) in [4.78, 5) is 43.4. The lowest BCUT2D eigenvalue weighted by Crippen LogP contribution is -2.37. The van der Waals surface area contributed by atoms with Crippen molar-refractivity contribution in [2.75, 3.05) is 31.1 Å². The van der Waals surface area contributed by atoms with Gasteiger partial charge in [0.2, 0.25) is 0 Å². The second kappa shape index (κ2) is 9.44. The van der Waals surface area contributed by atoms with E-state index in [9.17, 15) is 14.4 Å². The Bertz CT molecular complexity index is 1420. The molecule has 0 N–H and O–H groups in total. The SMILES string of the molecule is CC(=O)OCC(=O)N1C[C@@H]2[C@H](C1)[C@@]2(C)c1ccc(-c2ccc(N3C[C@H](Cn4ccnn4)OC3=O)cc2F)cn1. The molecular formula is C27H27FN6O5. The van der Waals surface area contributed by atoms with Crippen LogP contribution in [0.15, 0.2) is 48.9 Å². The van der Waals surface area contributed by atoms with E-state index in [2.05, 4.69) is 22.2 Å². The van der Waals surface area contributed by atoms with E-state index in [1.807, 2.05) is 12.1 Å². The normalized spacial score (nSPS) is 25.4. The van der Waals surface area contributed by atoms with Gasteiger partial charge in [-0.05, 0) is 36.1 Å². The number of hydrogen-bond donors (Lipinski definition) is 0. The molecule has 0 unspecified atom stereocenters. The quantitative estimate of drug-likeness (QED) is 0.424. The Kier molecular flexibility index (Phi) is 6.04. The third-order valence-corrected chi connectivity index (χ3v) is 8.13. The predicted octanol–water partition coefficient (Wildman–Crippen LogP) is 2.41. The van der Waals surface area contributed by atoms with Gasteiger partial charge in [0.1, 0.15) is 11.9 Å². The van der Waals surface area contributed by atoms with Crippen molar-refractivity contribution >= 4 is 23.7 Å². The highest BCUT2D eigenvalue weighted by Crippen LogP contribution is 2.62. The van der Waals surface area contributed by atoms with E-state index in [1.54, 1.807) is 40.3 Å². The number of likely N-dealkylation sites (tertiary alicyclic amines) is 1. The van der Waals surface area contributed by atoms with Crippen molar-refractivity contribution in [1.29, 1.82) is 0 Å². The van der Waals surface area contributed by atoms with Crippen LogP contribution in [0.5, 0.6) is 0 Å². The van der Waals surface area contributed by atoms with Gasteiger partial charge in [0, 0.05) is 54.6 Å². The number of ether oxygens (including phenoxy) is 2. The standard InChI is InChI=1S/C27H27FN6O5/c1-16(35)38-15-25(36)32-13-21-22(14-32)27(21,2)24-6-3-17(10-29-24)20-5-4-18(9-23(20)28)34-12-19(39-26(34)37)11-33-8-7-30-31-33/h3-10,19,21-22H,11-15H2,1-2H3/t19-,21-,22+,27+/m0/s1. The number of amides is 2. The molecule has 4 heterocycles.